The molecule has 0 aliphatic rings. The highest BCUT2D eigenvalue weighted by molar-refractivity contribution is 5.77. The van der Waals surface area contributed by atoms with Gasteiger partial charge in [-0.2, -0.15) is 0 Å². The number of allylic oxidation sites excluding steroid dienone is 2. The predicted octanol–water partition coefficient (Wildman–Crippen LogP) is 20.0. The standard InChI is InChI=1S/C64H125NO5/c1-4-7-10-13-16-19-22-25-28-30-31-33-36-39-42-45-48-51-54-57-64(69)70-60(55-52-49-46-43-40-37-35-32-29-26-23-20-17-14-11-8-5-2)58-63(68)65-61(59-66)62(67)56-53-50-47-44-41-38-34-27-24-21-18-15-12-9-6-3/h25,28,60-62,66-67H,4-24,26-27,29-59H2,1-3H3,(H,65,68)/b28-25+. The van der Waals surface area contributed by atoms with Crippen LogP contribution in [0, 0.1) is 0 Å². The summed E-state index contributed by atoms with van der Waals surface area (Å²) in [7, 11) is 0. The first-order chi connectivity index (χ1) is 34.5. The average molecular weight is 989 g/mol. The number of rotatable bonds is 59. The van der Waals surface area contributed by atoms with Crippen LogP contribution in [0.3, 0.4) is 0 Å². The Morgan fingerprint density at radius 1 is 0.400 bits per heavy atom. The van der Waals surface area contributed by atoms with Crippen LogP contribution in [-0.4, -0.2) is 46.9 Å². The molecule has 0 bridgehead atoms. The highest BCUT2D eigenvalue weighted by Crippen LogP contribution is 2.20. The van der Waals surface area contributed by atoms with Crippen LogP contribution in [-0.2, 0) is 14.3 Å². The van der Waals surface area contributed by atoms with Crippen molar-refractivity contribution in [2.45, 2.75) is 379 Å². The van der Waals surface area contributed by atoms with Crippen molar-refractivity contribution in [1.29, 1.82) is 0 Å². The van der Waals surface area contributed by atoms with Gasteiger partial charge in [-0.15, -0.1) is 0 Å². The number of carbonyl (C=O) groups is 2. The Kier molecular flexibility index (Phi) is 57.3. The van der Waals surface area contributed by atoms with E-state index in [2.05, 4.69) is 38.2 Å². The molecule has 70 heavy (non-hydrogen) atoms. The summed E-state index contributed by atoms with van der Waals surface area (Å²) in [5.74, 6) is -0.447. The van der Waals surface area contributed by atoms with Crippen LogP contribution in [0.15, 0.2) is 12.2 Å². The summed E-state index contributed by atoms with van der Waals surface area (Å²) >= 11 is 0. The molecule has 0 aliphatic carbocycles. The largest absolute Gasteiger partial charge is 0.462 e. The summed E-state index contributed by atoms with van der Waals surface area (Å²) in [6.07, 6.45) is 68.6. The van der Waals surface area contributed by atoms with Gasteiger partial charge in [0.2, 0.25) is 5.91 Å². The minimum atomic E-state index is -0.783. The monoisotopic (exact) mass is 988 g/mol. The van der Waals surface area contributed by atoms with E-state index in [1.807, 2.05) is 0 Å². The number of hydrogen-bond donors (Lipinski definition) is 3. The molecular weight excluding hydrogens is 863 g/mol. The molecule has 0 aliphatic heterocycles. The lowest BCUT2D eigenvalue weighted by molar-refractivity contribution is -0.151. The second kappa shape index (κ2) is 58.5. The smallest absolute Gasteiger partial charge is 0.306 e. The molecular formula is C64H125NO5. The van der Waals surface area contributed by atoms with Gasteiger partial charge < -0.3 is 20.3 Å². The van der Waals surface area contributed by atoms with Gasteiger partial charge in [-0.3, -0.25) is 9.59 Å². The van der Waals surface area contributed by atoms with E-state index < -0.39 is 18.2 Å². The molecule has 3 N–H and O–H groups in total. The lowest BCUT2D eigenvalue weighted by Gasteiger charge is -2.24. The van der Waals surface area contributed by atoms with Gasteiger partial charge in [-0.25, -0.2) is 0 Å². The number of hydrogen-bond acceptors (Lipinski definition) is 5. The molecule has 0 saturated heterocycles. The molecule has 3 atom stereocenters. The number of aliphatic hydroxyl groups excluding tert-OH is 2. The normalized spacial score (nSPS) is 13.0. The molecule has 0 rings (SSSR count). The molecule has 0 saturated carbocycles. The zero-order valence-corrected chi connectivity index (χ0v) is 47.7. The zero-order chi connectivity index (χ0) is 50.9. The van der Waals surface area contributed by atoms with Gasteiger partial charge in [-0.1, -0.05) is 309 Å². The van der Waals surface area contributed by atoms with Crippen LogP contribution >= 0.6 is 0 Å². The van der Waals surface area contributed by atoms with E-state index in [0.717, 1.165) is 44.9 Å². The van der Waals surface area contributed by atoms with E-state index in [9.17, 15) is 19.8 Å². The lowest BCUT2D eigenvalue weighted by atomic mass is 10.0. The van der Waals surface area contributed by atoms with Crippen molar-refractivity contribution in [2.75, 3.05) is 6.61 Å². The molecule has 416 valence electrons. The second-order valence-corrected chi connectivity index (χ2v) is 22.2. The molecule has 0 radical (unpaired) electrons. The van der Waals surface area contributed by atoms with Gasteiger partial charge in [0.1, 0.15) is 6.10 Å². The topological polar surface area (TPSA) is 95.9 Å². The van der Waals surface area contributed by atoms with Crippen molar-refractivity contribution in [3.63, 3.8) is 0 Å². The number of unbranched alkanes of at least 4 members (excludes halogenated alkanes) is 45. The van der Waals surface area contributed by atoms with E-state index in [1.54, 1.807) is 0 Å². The van der Waals surface area contributed by atoms with E-state index in [1.165, 1.54) is 270 Å². The van der Waals surface area contributed by atoms with Crippen LogP contribution in [0.1, 0.15) is 361 Å². The Hall–Kier alpha value is -1.40. The van der Waals surface area contributed by atoms with Gasteiger partial charge in [0.15, 0.2) is 0 Å². The van der Waals surface area contributed by atoms with Crippen molar-refractivity contribution in [3.8, 4) is 0 Å². The summed E-state index contributed by atoms with van der Waals surface area (Å²) in [6.45, 7) is 6.54. The fourth-order valence-corrected chi connectivity index (χ4v) is 10.3. The summed E-state index contributed by atoms with van der Waals surface area (Å²) in [5.41, 5.74) is 0. The van der Waals surface area contributed by atoms with Crippen LogP contribution in [0.5, 0.6) is 0 Å². The number of aliphatic hydroxyl groups is 2. The molecule has 0 heterocycles. The Bertz CT molecular complexity index is 1060. The van der Waals surface area contributed by atoms with Crippen molar-refractivity contribution in [2.24, 2.45) is 0 Å². The Morgan fingerprint density at radius 3 is 1.01 bits per heavy atom. The SMILES string of the molecule is CCCCCCCC/C=C/CCCCCCCCCCCC(=O)OC(CCCCCCCCCCCCCCCCCCC)CC(=O)NC(CO)C(O)CCCCCCCCCCCCCCCCC. The Morgan fingerprint density at radius 2 is 0.686 bits per heavy atom. The van der Waals surface area contributed by atoms with Gasteiger partial charge in [0.05, 0.1) is 25.2 Å². The van der Waals surface area contributed by atoms with E-state index in [4.69, 9.17) is 4.74 Å². The first-order valence-electron chi connectivity index (χ1n) is 31.9. The molecule has 6 nitrogen and oxygen atoms in total. The summed E-state index contributed by atoms with van der Waals surface area (Å²) in [5, 5.41) is 24.0. The number of ether oxygens (including phenoxy) is 1. The van der Waals surface area contributed by atoms with Crippen LogP contribution < -0.4 is 5.32 Å². The minimum Gasteiger partial charge on any atom is -0.462 e. The molecule has 0 aromatic heterocycles. The lowest BCUT2D eigenvalue weighted by Crippen LogP contribution is -2.46. The van der Waals surface area contributed by atoms with Crippen molar-refractivity contribution in [3.05, 3.63) is 12.2 Å². The summed E-state index contributed by atoms with van der Waals surface area (Å²) in [4.78, 5) is 26.4. The third-order valence-corrected chi connectivity index (χ3v) is 15.1. The van der Waals surface area contributed by atoms with E-state index in [0.29, 0.717) is 19.3 Å². The second-order valence-electron chi connectivity index (χ2n) is 22.2. The average Bonchev–Trinajstić information content (AvgIpc) is 3.35. The van der Waals surface area contributed by atoms with Gasteiger partial charge in [0, 0.05) is 6.42 Å². The maximum atomic E-state index is 13.3. The van der Waals surface area contributed by atoms with Gasteiger partial charge in [-0.05, 0) is 51.4 Å². The first kappa shape index (κ1) is 68.6. The third kappa shape index (κ3) is 52.9. The Balaban J connectivity index is 4.48. The van der Waals surface area contributed by atoms with E-state index >= 15 is 0 Å². The molecule has 0 spiro atoms. The maximum absolute atomic E-state index is 13.3. The van der Waals surface area contributed by atoms with Crippen LogP contribution in [0.25, 0.3) is 0 Å². The van der Waals surface area contributed by atoms with Crippen LogP contribution in [0.4, 0.5) is 0 Å². The molecule has 0 aromatic carbocycles. The van der Waals surface area contributed by atoms with Crippen molar-refractivity contribution in [1.82, 2.24) is 5.32 Å². The first-order valence-corrected chi connectivity index (χ1v) is 31.9. The van der Waals surface area contributed by atoms with Crippen molar-refractivity contribution >= 4 is 11.9 Å². The summed E-state index contributed by atoms with van der Waals surface area (Å²) < 4.78 is 5.99. The highest BCUT2D eigenvalue weighted by atomic mass is 16.5. The number of nitrogens with one attached hydrogen (secondary N) is 1. The maximum Gasteiger partial charge on any atom is 0.306 e. The van der Waals surface area contributed by atoms with E-state index in [-0.39, 0.29) is 24.9 Å². The highest BCUT2D eigenvalue weighted by Gasteiger charge is 2.24. The fourth-order valence-electron chi connectivity index (χ4n) is 10.3. The minimum absolute atomic E-state index is 0.0856. The molecule has 3 unspecified atom stereocenters. The van der Waals surface area contributed by atoms with Crippen LogP contribution in [0.2, 0.25) is 0 Å². The molecule has 0 fully saturated rings. The summed E-state index contributed by atoms with van der Waals surface area (Å²) in [6, 6.07) is -0.697. The molecule has 1 amide bonds. The molecule has 6 heteroatoms. The van der Waals surface area contributed by atoms with Crippen molar-refractivity contribution < 1.29 is 24.5 Å². The van der Waals surface area contributed by atoms with Gasteiger partial charge >= 0.3 is 5.97 Å². The third-order valence-electron chi connectivity index (χ3n) is 15.1. The predicted molar refractivity (Wildman–Crippen MR) is 306 cm³/mol. The fraction of sp³-hybridized carbons (Fsp3) is 0.938. The van der Waals surface area contributed by atoms with Gasteiger partial charge in [0.25, 0.3) is 0 Å². The zero-order valence-electron chi connectivity index (χ0n) is 47.7. The number of amides is 1. The molecule has 0 aromatic rings. The Labute approximate surface area is 438 Å². The number of carbonyl (C=O) groups excluding carboxylic acids is 2. The quantitative estimate of drug-likeness (QED) is 0.0321. The number of esters is 1.